The van der Waals surface area contributed by atoms with Gasteiger partial charge in [-0.1, -0.05) is 19.1 Å². The maximum Gasteiger partial charge on any atom is 0.387 e. The first-order valence-electron chi connectivity index (χ1n) is 8.20. The lowest BCUT2D eigenvalue weighted by molar-refractivity contribution is -0.132. The molecule has 1 saturated heterocycles. The molecule has 0 radical (unpaired) electrons. The minimum absolute atomic E-state index is 0.0270. The quantitative estimate of drug-likeness (QED) is 0.820. The number of ether oxygens (including phenoxy) is 1. The average Bonchev–Trinajstić information content (AvgIpc) is 2.56. The zero-order valence-corrected chi connectivity index (χ0v) is 13.8. The first-order chi connectivity index (χ1) is 11.5. The van der Waals surface area contributed by atoms with Gasteiger partial charge in [-0.05, 0) is 24.1 Å². The lowest BCUT2D eigenvalue weighted by Gasteiger charge is -2.38. The SMILES string of the molecule is CCC(CO)N1CCN(C(=O)Cc2cccc(OC(F)F)c2)CC1. The fraction of sp³-hybridized carbons (Fsp3) is 0.588. The monoisotopic (exact) mass is 342 g/mol. The van der Waals surface area contributed by atoms with Crippen LogP contribution in [0, 0.1) is 0 Å². The van der Waals surface area contributed by atoms with Crippen molar-refractivity contribution in [1.29, 1.82) is 0 Å². The second-order valence-corrected chi connectivity index (χ2v) is 5.86. The highest BCUT2D eigenvalue weighted by Gasteiger charge is 2.24. The van der Waals surface area contributed by atoms with Crippen molar-refractivity contribution in [2.24, 2.45) is 0 Å². The van der Waals surface area contributed by atoms with Gasteiger partial charge in [0.2, 0.25) is 5.91 Å². The second-order valence-electron chi connectivity index (χ2n) is 5.86. The van der Waals surface area contributed by atoms with Crippen LogP contribution >= 0.6 is 0 Å². The molecule has 0 spiro atoms. The van der Waals surface area contributed by atoms with Crippen molar-refractivity contribution in [3.05, 3.63) is 29.8 Å². The van der Waals surface area contributed by atoms with Crippen molar-refractivity contribution in [2.45, 2.75) is 32.4 Å². The molecule has 1 atom stereocenters. The van der Waals surface area contributed by atoms with E-state index in [9.17, 15) is 18.7 Å². The molecule has 1 N–H and O–H groups in total. The number of aliphatic hydroxyl groups is 1. The molecular weight excluding hydrogens is 318 g/mol. The van der Waals surface area contributed by atoms with Gasteiger partial charge in [-0.25, -0.2) is 0 Å². The molecule has 24 heavy (non-hydrogen) atoms. The molecule has 1 aromatic rings. The first kappa shape index (κ1) is 18.6. The van der Waals surface area contributed by atoms with Crippen LogP contribution in [-0.2, 0) is 11.2 Å². The largest absolute Gasteiger partial charge is 0.435 e. The summed E-state index contributed by atoms with van der Waals surface area (Å²) in [4.78, 5) is 16.4. The molecule has 2 rings (SSSR count). The number of hydrogen-bond acceptors (Lipinski definition) is 4. The van der Waals surface area contributed by atoms with E-state index < -0.39 is 6.61 Å². The summed E-state index contributed by atoms with van der Waals surface area (Å²) in [5, 5.41) is 9.35. The normalized spacial score (nSPS) is 17.1. The van der Waals surface area contributed by atoms with Gasteiger partial charge in [0.25, 0.3) is 0 Å². The van der Waals surface area contributed by atoms with Crippen LogP contribution in [0.25, 0.3) is 0 Å². The van der Waals surface area contributed by atoms with E-state index in [0.717, 1.165) is 19.5 Å². The van der Waals surface area contributed by atoms with Gasteiger partial charge in [0.05, 0.1) is 13.0 Å². The van der Waals surface area contributed by atoms with Crippen LogP contribution in [0.4, 0.5) is 8.78 Å². The summed E-state index contributed by atoms with van der Waals surface area (Å²) in [6, 6.07) is 6.39. The fourth-order valence-corrected chi connectivity index (χ4v) is 2.96. The number of nitrogens with zero attached hydrogens (tertiary/aromatic N) is 2. The van der Waals surface area contributed by atoms with Crippen molar-refractivity contribution in [3.8, 4) is 5.75 Å². The number of rotatable bonds is 7. The number of carbonyl (C=O) groups is 1. The molecule has 1 aliphatic rings. The molecule has 0 aliphatic carbocycles. The topological polar surface area (TPSA) is 53.0 Å². The molecule has 134 valence electrons. The van der Waals surface area contributed by atoms with Crippen LogP contribution in [0.5, 0.6) is 5.75 Å². The van der Waals surface area contributed by atoms with E-state index in [2.05, 4.69) is 9.64 Å². The Bertz CT molecular complexity index is 530. The number of hydrogen-bond donors (Lipinski definition) is 1. The molecule has 5 nitrogen and oxygen atoms in total. The Morgan fingerprint density at radius 3 is 2.58 bits per heavy atom. The molecule has 0 bridgehead atoms. The van der Waals surface area contributed by atoms with Crippen molar-refractivity contribution in [2.75, 3.05) is 32.8 Å². The van der Waals surface area contributed by atoms with Crippen LogP contribution in [0.3, 0.4) is 0 Å². The van der Waals surface area contributed by atoms with E-state index >= 15 is 0 Å². The summed E-state index contributed by atoms with van der Waals surface area (Å²) >= 11 is 0. The summed E-state index contributed by atoms with van der Waals surface area (Å²) in [7, 11) is 0. The van der Waals surface area contributed by atoms with Crippen LogP contribution in [-0.4, -0.2) is 66.3 Å². The summed E-state index contributed by atoms with van der Waals surface area (Å²) in [5.74, 6) is 0.0368. The average molecular weight is 342 g/mol. The van der Waals surface area contributed by atoms with Crippen LogP contribution in [0.15, 0.2) is 24.3 Å². The van der Waals surface area contributed by atoms with Crippen molar-refractivity contribution >= 4 is 5.91 Å². The fourth-order valence-electron chi connectivity index (χ4n) is 2.96. The molecular formula is C17H24F2N2O3. The summed E-state index contributed by atoms with van der Waals surface area (Å²) < 4.78 is 28.9. The maximum atomic E-state index is 12.4. The number of carbonyl (C=O) groups excluding carboxylic acids is 1. The Balaban J connectivity index is 1.87. The molecule has 1 aliphatic heterocycles. The van der Waals surface area contributed by atoms with Gasteiger partial charge in [0.1, 0.15) is 5.75 Å². The van der Waals surface area contributed by atoms with Gasteiger partial charge in [0, 0.05) is 32.2 Å². The van der Waals surface area contributed by atoms with E-state index in [1.807, 2.05) is 6.92 Å². The van der Waals surface area contributed by atoms with E-state index in [-0.39, 0.29) is 30.7 Å². The number of alkyl halides is 2. The van der Waals surface area contributed by atoms with Crippen LogP contribution < -0.4 is 4.74 Å². The van der Waals surface area contributed by atoms with Gasteiger partial charge < -0.3 is 14.7 Å². The minimum Gasteiger partial charge on any atom is -0.435 e. The predicted octanol–water partition coefficient (Wildman–Crippen LogP) is 1.75. The van der Waals surface area contributed by atoms with Gasteiger partial charge >= 0.3 is 6.61 Å². The van der Waals surface area contributed by atoms with E-state index in [0.29, 0.717) is 18.7 Å². The Morgan fingerprint density at radius 1 is 1.29 bits per heavy atom. The Labute approximate surface area is 140 Å². The zero-order valence-electron chi connectivity index (χ0n) is 13.8. The Hall–Kier alpha value is -1.73. The van der Waals surface area contributed by atoms with Crippen LogP contribution in [0.1, 0.15) is 18.9 Å². The number of piperazine rings is 1. The standard InChI is InChI=1S/C17H24F2N2O3/c1-2-14(12-22)20-6-8-21(9-7-20)16(23)11-13-4-3-5-15(10-13)24-17(18)19/h3-5,10,14,17,22H,2,6-9,11-12H2,1H3. The molecule has 0 aromatic heterocycles. The summed E-state index contributed by atoms with van der Waals surface area (Å²) in [5.41, 5.74) is 0.655. The molecule has 1 amide bonds. The summed E-state index contributed by atoms with van der Waals surface area (Å²) in [6.07, 6.45) is 1.04. The third-order valence-corrected chi connectivity index (χ3v) is 4.34. The van der Waals surface area contributed by atoms with Crippen molar-refractivity contribution in [3.63, 3.8) is 0 Å². The summed E-state index contributed by atoms with van der Waals surface area (Å²) in [6.45, 7) is 1.99. The maximum absolute atomic E-state index is 12.4. The minimum atomic E-state index is -2.87. The van der Waals surface area contributed by atoms with Crippen molar-refractivity contribution < 1.29 is 23.4 Å². The number of aliphatic hydroxyl groups excluding tert-OH is 1. The first-order valence-corrected chi connectivity index (χ1v) is 8.20. The van der Waals surface area contributed by atoms with Gasteiger partial charge in [-0.15, -0.1) is 0 Å². The van der Waals surface area contributed by atoms with Crippen LogP contribution in [0.2, 0.25) is 0 Å². The highest BCUT2D eigenvalue weighted by atomic mass is 19.3. The predicted molar refractivity (Wildman–Crippen MR) is 86.1 cm³/mol. The molecule has 1 fully saturated rings. The number of benzene rings is 1. The third-order valence-electron chi connectivity index (χ3n) is 4.34. The lowest BCUT2D eigenvalue weighted by atomic mass is 10.1. The van der Waals surface area contributed by atoms with Gasteiger partial charge in [0.15, 0.2) is 0 Å². The van der Waals surface area contributed by atoms with E-state index in [1.54, 1.807) is 17.0 Å². The highest BCUT2D eigenvalue weighted by Crippen LogP contribution is 2.17. The van der Waals surface area contributed by atoms with E-state index in [1.165, 1.54) is 12.1 Å². The molecule has 1 aromatic carbocycles. The van der Waals surface area contributed by atoms with Gasteiger partial charge in [-0.2, -0.15) is 8.78 Å². The third kappa shape index (κ3) is 5.14. The number of halogens is 2. The van der Waals surface area contributed by atoms with Gasteiger partial charge in [-0.3, -0.25) is 9.69 Å². The molecule has 0 saturated carbocycles. The molecule has 1 unspecified atom stereocenters. The lowest BCUT2D eigenvalue weighted by Crippen LogP contribution is -2.53. The highest BCUT2D eigenvalue weighted by molar-refractivity contribution is 5.79. The molecule has 1 heterocycles. The number of amides is 1. The molecule has 7 heteroatoms. The smallest absolute Gasteiger partial charge is 0.387 e. The van der Waals surface area contributed by atoms with E-state index in [4.69, 9.17) is 0 Å². The zero-order chi connectivity index (χ0) is 17.5. The second kappa shape index (κ2) is 8.94. The Morgan fingerprint density at radius 2 is 2.00 bits per heavy atom. The van der Waals surface area contributed by atoms with Crippen molar-refractivity contribution in [1.82, 2.24) is 9.80 Å². The Kier molecular flexibility index (Phi) is 6.93.